The molecule has 290 valence electrons. The van der Waals surface area contributed by atoms with Gasteiger partial charge >= 0.3 is 0 Å². The van der Waals surface area contributed by atoms with Gasteiger partial charge in [-0.05, 0) is 66.7 Å². The van der Waals surface area contributed by atoms with Crippen molar-refractivity contribution in [3.63, 3.8) is 0 Å². The summed E-state index contributed by atoms with van der Waals surface area (Å²) in [6.07, 6.45) is 33.6. The zero-order chi connectivity index (χ0) is 37.0. The van der Waals surface area contributed by atoms with E-state index in [1.165, 1.54) is 161 Å². The van der Waals surface area contributed by atoms with E-state index in [9.17, 15) is 9.59 Å². The lowest BCUT2D eigenvalue weighted by Crippen LogP contribution is -2.34. The van der Waals surface area contributed by atoms with E-state index in [1.54, 1.807) is 16.2 Å². The van der Waals surface area contributed by atoms with E-state index >= 15 is 0 Å². The van der Waals surface area contributed by atoms with Crippen LogP contribution in [0.4, 0.5) is 0 Å². The molecule has 0 bridgehead atoms. The lowest BCUT2D eigenvalue weighted by Gasteiger charge is -2.21. The van der Waals surface area contributed by atoms with Gasteiger partial charge in [-0.3, -0.25) is 14.5 Å². The lowest BCUT2D eigenvalue weighted by atomic mass is 9.99. The fourth-order valence-corrected chi connectivity index (χ4v) is 11.3. The maximum Gasteiger partial charge on any atom is 0.263 e. The van der Waals surface area contributed by atoms with E-state index in [-0.39, 0.29) is 11.8 Å². The second-order valence-electron chi connectivity index (χ2n) is 15.6. The Hall–Kier alpha value is -1.76. The maximum atomic E-state index is 14.0. The molecule has 3 aromatic heterocycles. The fourth-order valence-electron chi connectivity index (χ4n) is 7.79. The zero-order valence-corrected chi connectivity index (χ0v) is 35.9. The maximum absolute atomic E-state index is 14.0. The van der Waals surface area contributed by atoms with E-state index < -0.39 is 0 Å². The highest BCUT2D eigenvalue weighted by molar-refractivity contribution is 7.26. The normalized spacial score (nSPS) is 13.5. The minimum absolute atomic E-state index is 0.0686. The van der Waals surface area contributed by atoms with Gasteiger partial charge in [-0.25, -0.2) is 0 Å². The van der Waals surface area contributed by atoms with Crippen molar-refractivity contribution in [2.24, 2.45) is 5.92 Å². The third kappa shape index (κ3) is 13.2. The summed E-state index contributed by atoms with van der Waals surface area (Å²) in [5.41, 5.74) is 4.13. The van der Waals surface area contributed by atoms with Gasteiger partial charge in [0.2, 0.25) is 0 Å². The smallest absolute Gasteiger partial charge is 0.263 e. The Labute approximate surface area is 330 Å². The molecule has 0 fully saturated rings. The molecule has 0 N–H and O–H groups in total. The van der Waals surface area contributed by atoms with Crippen molar-refractivity contribution in [3.05, 3.63) is 45.1 Å². The predicted octanol–water partition coefficient (Wildman–Crippen LogP) is 15.9. The molecule has 4 heterocycles. The summed E-state index contributed by atoms with van der Waals surface area (Å²) in [7, 11) is 0. The largest absolute Gasteiger partial charge is 0.274 e. The number of carbonyl (C=O) groups is 2. The molecule has 3 aromatic rings. The molecule has 3 nitrogen and oxygen atoms in total. The summed E-state index contributed by atoms with van der Waals surface area (Å²) in [6, 6.07) is 4.85. The monoisotopic (exact) mass is 765 g/mol. The second kappa shape index (κ2) is 24.6. The second-order valence-corrected chi connectivity index (χ2v) is 18.5. The van der Waals surface area contributed by atoms with E-state index in [1.807, 2.05) is 28.1 Å². The van der Waals surface area contributed by atoms with Gasteiger partial charge < -0.3 is 0 Å². The highest BCUT2D eigenvalue weighted by Crippen LogP contribution is 2.47. The molecule has 1 unspecified atom stereocenters. The Morgan fingerprint density at radius 2 is 1.12 bits per heavy atom. The Kier molecular flexibility index (Phi) is 20.3. The first-order chi connectivity index (χ1) is 25.5. The van der Waals surface area contributed by atoms with Crippen molar-refractivity contribution in [3.8, 4) is 19.5 Å². The Bertz CT molecular complexity index is 1450. The highest BCUT2D eigenvalue weighted by Gasteiger charge is 2.40. The number of hydrogen-bond acceptors (Lipinski definition) is 5. The summed E-state index contributed by atoms with van der Waals surface area (Å²) in [5.74, 6) is 0.221. The summed E-state index contributed by atoms with van der Waals surface area (Å²) in [6.45, 7) is 9.52. The molecule has 0 aromatic carbocycles. The van der Waals surface area contributed by atoms with E-state index in [0.29, 0.717) is 23.6 Å². The van der Waals surface area contributed by atoms with Crippen molar-refractivity contribution in [2.75, 3.05) is 6.54 Å². The van der Waals surface area contributed by atoms with E-state index in [0.717, 1.165) is 37.0 Å². The molecule has 6 heteroatoms. The number of thiophene rings is 3. The molecule has 0 radical (unpaired) electrons. The number of hydrogen-bond donors (Lipinski definition) is 0. The van der Waals surface area contributed by atoms with Crippen LogP contribution >= 0.6 is 34.0 Å². The molecular formula is C46H71NO2S3. The van der Waals surface area contributed by atoms with Crippen molar-refractivity contribution < 1.29 is 9.59 Å². The summed E-state index contributed by atoms with van der Waals surface area (Å²) in [4.78, 5) is 34.1. The molecule has 0 spiro atoms. The number of amides is 2. The fraction of sp³-hybridized carbons (Fsp3) is 0.696. The first kappa shape index (κ1) is 43.0. The van der Waals surface area contributed by atoms with Gasteiger partial charge in [0.25, 0.3) is 11.8 Å². The third-order valence-electron chi connectivity index (χ3n) is 11.2. The molecule has 52 heavy (non-hydrogen) atoms. The minimum atomic E-state index is -0.0830. The number of fused-ring (bicyclic) bond motifs is 1. The minimum Gasteiger partial charge on any atom is -0.274 e. The number of unbranched alkanes of at least 4 members (excludes halogenated alkanes) is 19. The summed E-state index contributed by atoms with van der Waals surface area (Å²) in [5, 5.41) is 4.34. The Balaban J connectivity index is 1.41. The van der Waals surface area contributed by atoms with Gasteiger partial charge in [-0.1, -0.05) is 163 Å². The van der Waals surface area contributed by atoms with Crippen LogP contribution < -0.4 is 0 Å². The van der Waals surface area contributed by atoms with Gasteiger partial charge in [0, 0.05) is 26.6 Å². The van der Waals surface area contributed by atoms with Gasteiger partial charge in [-0.15, -0.1) is 34.0 Å². The van der Waals surface area contributed by atoms with Crippen LogP contribution in [0.15, 0.2) is 22.9 Å². The topological polar surface area (TPSA) is 37.4 Å². The van der Waals surface area contributed by atoms with Crippen LogP contribution in [0.25, 0.3) is 19.5 Å². The average molecular weight is 766 g/mol. The molecule has 1 aliphatic rings. The van der Waals surface area contributed by atoms with Crippen LogP contribution in [0.5, 0.6) is 0 Å². The standard InChI is InChI=1S/C46H71NO2S3/c1-5-9-12-14-16-18-20-22-24-26-29-37-31-40(50-34-37)41-32-38(30-27-25-23-21-19-17-15-13-10-6-2)43(52-41)44-42-39(35-51-44)45(48)47(46(42)49)33-36(8-4)28-11-7-3/h31-32,34-36H,5-30,33H2,1-4H3. The van der Waals surface area contributed by atoms with Crippen molar-refractivity contribution in [1.29, 1.82) is 0 Å². The third-order valence-corrected chi connectivity index (χ3v) is 14.7. The number of nitrogens with zero attached hydrogens (tertiary/aromatic N) is 1. The molecule has 4 rings (SSSR count). The number of carbonyl (C=O) groups excluding carboxylic acids is 2. The molecule has 0 saturated heterocycles. The van der Waals surface area contributed by atoms with Crippen LogP contribution in [0.2, 0.25) is 0 Å². The quantitative estimate of drug-likeness (QED) is 0.0501. The SMILES string of the molecule is CCCCCCCCCCCCc1csc(-c2cc(CCCCCCCCCCCC)c(-c3scc4c3C(=O)N(CC(CC)CCCC)C4=O)s2)c1. The Morgan fingerprint density at radius 1 is 0.558 bits per heavy atom. The van der Waals surface area contributed by atoms with E-state index in [2.05, 4.69) is 45.2 Å². The van der Waals surface area contributed by atoms with Gasteiger partial charge in [0.1, 0.15) is 0 Å². The molecule has 1 aliphatic heterocycles. The molecular weight excluding hydrogens is 695 g/mol. The van der Waals surface area contributed by atoms with Gasteiger partial charge in [-0.2, -0.15) is 0 Å². The number of imide groups is 1. The summed E-state index contributed by atoms with van der Waals surface area (Å²) >= 11 is 5.33. The first-order valence-corrected chi connectivity index (χ1v) is 24.3. The molecule has 0 saturated carbocycles. The average Bonchev–Trinajstić information content (AvgIpc) is 3.94. The van der Waals surface area contributed by atoms with Crippen LogP contribution in [0.1, 0.15) is 214 Å². The molecule has 0 aliphatic carbocycles. The van der Waals surface area contributed by atoms with E-state index in [4.69, 9.17) is 0 Å². The highest BCUT2D eigenvalue weighted by atomic mass is 32.1. The number of aryl methyl sites for hydroxylation is 2. The molecule has 2 amide bonds. The van der Waals surface area contributed by atoms with Gasteiger partial charge in [0.05, 0.1) is 16.0 Å². The van der Waals surface area contributed by atoms with Crippen molar-refractivity contribution in [2.45, 2.75) is 195 Å². The lowest BCUT2D eigenvalue weighted by molar-refractivity contribution is 0.0624. The Morgan fingerprint density at radius 3 is 1.69 bits per heavy atom. The van der Waals surface area contributed by atoms with Crippen LogP contribution in [0.3, 0.4) is 0 Å². The predicted molar refractivity (Wildman–Crippen MR) is 231 cm³/mol. The van der Waals surface area contributed by atoms with Crippen molar-refractivity contribution in [1.82, 2.24) is 4.90 Å². The van der Waals surface area contributed by atoms with Crippen molar-refractivity contribution >= 4 is 45.8 Å². The number of rotatable bonds is 30. The van der Waals surface area contributed by atoms with Crippen LogP contribution in [-0.2, 0) is 12.8 Å². The first-order valence-electron chi connectivity index (χ1n) is 21.7. The van der Waals surface area contributed by atoms with Crippen LogP contribution in [0, 0.1) is 5.92 Å². The molecule has 1 atom stereocenters. The summed E-state index contributed by atoms with van der Waals surface area (Å²) < 4.78 is 0. The zero-order valence-electron chi connectivity index (χ0n) is 33.5. The van der Waals surface area contributed by atoms with Gasteiger partial charge in [0.15, 0.2) is 0 Å². The van der Waals surface area contributed by atoms with Crippen LogP contribution in [-0.4, -0.2) is 23.3 Å².